The van der Waals surface area contributed by atoms with Crippen LogP contribution in [0.15, 0.2) is 24.7 Å². The van der Waals surface area contributed by atoms with Crippen molar-refractivity contribution in [3.8, 4) is 0 Å². The first-order valence-electron chi connectivity index (χ1n) is 5.58. The number of nitrogens with zero attached hydrogens (tertiary/aromatic N) is 3. The van der Waals surface area contributed by atoms with E-state index in [0.29, 0.717) is 17.4 Å². The summed E-state index contributed by atoms with van der Waals surface area (Å²) in [6.45, 7) is 2.67. The van der Waals surface area contributed by atoms with Crippen molar-refractivity contribution in [2.75, 3.05) is 17.6 Å². The van der Waals surface area contributed by atoms with Gasteiger partial charge in [0.05, 0.1) is 0 Å². The van der Waals surface area contributed by atoms with Crippen LogP contribution in [0.2, 0.25) is 5.02 Å². The largest absolute Gasteiger partial charge is 0.382 e. The number of aromatic nitrogens is 3. The highest BCUT2D eigenvalue weighted by Gasteiger charge is 2.05. The van der Waals surface area contributed by atoms with Crippen LogP contribution in [0.4, 0.5) is 11.6 Å². The summed E-state index contributed by atoms with van der Waals surface area (Å²) in [6.07, 6.45) is 4.09. The Balaban J connectivity index is 1.92. The molecular formula is C12H14ClN5. The standard InChI is InChI=1S/C12H14ClN5/c1-8-2-3-9(6-16-8)4-5-15-12-10(13)11(14)17-7-18-12/h2-3,6-7H,4-5H2,1H3,(H3,14,15,17,18). The smallest absolute Gasteiger partial charge is 0.150 e. The summed E-state index contributed by atoms with van der Waals surface area (Å²) in [7, 11) is 0. The van der Waals surface area contributed by atoms with E-state index in [4.69, 9.17) is 17.3 Å². The zero-order chi connectivity index (χ0) is 13.0. The lowest BCUT2D eigenvalue weighted by Crippen LogP contribution is -2.08. The first kappa shape index (κ1) is 12.6. The Labute approximate surface area is 110 Å². The van der Waals surface area contributed by atoms with Gasteiger partial charge in [-0.3, -0.25) is 4.98 Å². The molecule has 0 saturated carbocycles. The highest BCUT2D eigenvalue weighted by atomic mass is 35.5. The number of nitrogen functional groups attached to an aromatic ring is 1. The average Bonchev–Trinajstić information content (AvgIpc) is 2.37. The van der Waals surface area contributed by atoms with Gasteiger partial charge in [-0.1, -0.05) is 17.7 Å². The normalized spacial score (nSPS) is 10.3. The number of rotatable bonds is 4. The zero-order valence-corrected chi connectivity index (χ0v) is 10.8. The zero-order valence-electron chi connectivity index (χ0n) is 10.0. The fourth-order valence-electron chi connectivity index (χ4n) is 1.48. The summed E-state index contributed by atoms with van der Waals surface area (Å²) in [4.78, 5) is 12.1. The molecular weight excluding hydrogens is 250 g/mol. The first-order chi connectivity index (χ1) is 8.66. The molecule has 94 valence electrons. The van der Waals surface area contributed by atoms with Gasteiger partial charge in [-0.25, -0.2) is 9.97 Å². The predicted molar refractivity (Wildman–Crippen MR) is 72.6 cm³/mol. The molecule has 0 radical (unpaired) electrons. The van der Waals surface area contributed by atoms with Gasteiger partial charge in [-0.15, -0.1) is 0 Å². The number of halogens is 1. The van der Waals surface area contributed by atoms with E-state index in [9.17, 15) is 0 Å². The highest BCUT2D eigenvalue weighted by Crippen LogP contribution is 2.22. The third-order valence-electron chi connectivity index (χ3n) is 2.50. The van der Waals surface area contributed by atoms with Crippen molar-refractivity contribution in [1.82, 2.24) is 15.0 Å². The van der Waals surface area contributed by atoms with E-state index in [1.807, 2.05) is 19.2 Å². The van der Waals surface area contributed by atoms with Gasteiger partial charge < -0.3 is 11.1 Å². The second kappa shape index (κ2) is 5.64. The van der Waals surface area contributed by atoms with Crippen molar-refractivity contribution >= 4 is 23.2 Å². The summed E-state index contributed by atoms with van der Waals surface area (Å²) in [5.74, 6) is 0.843. The fourth-order valence-corrected chi connectivity index (χ4v) is 1.64. The van der Waals surface area contributed by atoms with Crippen LogP contribution in [0, 0.1) is 6.92 Å². The molecule has 18 heavy (non-hydrogen) atoms. The molecule has 0 aliphatic rings. The summed E-state index contributed by atoms with van der Waals surface area (Å²) in [6, 6.07) is 4.05. The minimum atomic E-state index is 0.283. The Kier molecular flexibility index (Phi) is 3.94. The number of anilines is 2. The second-order valence-corrected chi connectivity index (χ2v) is 4.28. The molecule has 0 saturated heterocycles. The van der Waals surface area contributed by atoms with Gasteiger partial charge >= 0.3 is 0 Å². The van der Waals surface area contributed by atoms with Crippen molar-refractivity contribution in [3.63, 3.8) is 0 Å². The Morgan fingerprint density at radius 1 is 1.28 bits per heavy atom. The van der Waals surface area contributed by atoms with Crippen LogP contribution < -0.4 is 11.1 Å². The van der Waals surface area contributed by atoms with E-state index < -0.39 is 0 Å². The van der Waals surface area contributed by atoms with Crippen LogP contribution in [0.5, 0.6) is 0 Å². The summed E-state index contributed by atoms with van der Waals surface area (Å²) < 4.78 is 0. The van der Waals surface area contributed by atoms with Gasteiger partial charge in [0.2, 0.25) is 0 Å². The van der Waals surface area contributed by atoms with Crippen molar-refractivity contribution in [1.29, 1.82) is 0 Å². The quantitative estimate of drug-likeness (QED) is 0.883. The second-order valence-electron chi connectivity index (χ2n) is 3.91. The fraction of sp³-hybridized carbons (Fsp3) is 0.250. The lowest BCUT2D eigenvalue weighted by atomic mass is 10.2. The van der Waals surface area contributed by atoms with E-state index >= 15 is 0 Å². The van der Waals surface area contributed by atoms with Crippen LogP contribution >= 0.6 is 11.6 Å². The maximum Gasteiger partial charge on any atom is 0.150 e. The topological polar surface area (TPSA) is 76.7 Å². The maximum absolute atomic E-state index is 5.97. The third kappa shape index (κ3) is 3.07. The van der Waals surface area contributed by atoms with Gasteiger partial charge in [0, 0.05) is 18.4 Å². The van der Waals surface area contributed by atoms with Gasteiger partial charge in [0.25, 0.3) is 0 Å². The Morgan fingerprint density at radius 2 is 2.11 bits per heavy atom. The molecule has 0 bridgehead atoms. The molecule has 0 amide bonds. The Bertz CT molecular complexity index is 526. The van der Waals surface area contributed by atoms with Crippen LogP contribution in [0.1, 0.15) is 11.3 Å². The maximum atomic E-state index is 5.97. The van der Waals surface area contributed by atoms with E-state index in [-0.39, 0.29) is 5.82 Å². The average molecular weight is 264 g/mol. The van der Waals surface area contributed by atoms with Crippen LogP contribution in [-0.4, -0.2) is 21.5 Å². The molecule has 0 spiro atoms. The summed E-state index contributed by atoms with van der Waals surface area (Å²) in [5, 5.41) is 3.49. The van der Waals surface area contributed by atoms with Gasteiger partial charge in [-0.05, 0) is 25.0 Å². The summed E-state index contributed by atoms with van der Waals surface area (Å²) >= 11 is 5.97. The van der Waals surface area contributed by atoms with Gasteiger partial charge in [0.1, 0.15) is 23.0 Å². The lowest BCUT2D eigenvalue weighted by Gasteiger charge is -2.07. The van der Waals surface area contributed by atoms with E-state index in [1.165, 1.54) is 6.33 Å². The highest BCUT2D eigenvalue weighted by molar-refractivity contribution is 6.35. The minimum Gasteiger partial charge on any atom is -0.382 e. The molecule has 2 rings (SSSR count). The molecule has 0 atom stereocenters. The third-order valence-corrected chi connectivity index (χ3v) is 2.87. The van der Waals surface area contributed by atoms with Crippen molar-refractivity contribution in [2.24, 2.45) is 0 Å². The molecule has 3 N–H and O–H groups in total. The molecule has 5 nitrogen and oxygen atoms in total. The van der Waals surface area contributed by atoms with Crippen LogP contribution in [0.25, 0.3) is 0 Å². The number of nitrogens with two attached hydrogens (primary N) is 1. The lowest BCUT2D eigenvalue weighted by molar-refractivity contribution is 0.983. The number of hydrogen-bond donors (Lipinski definition) is 2. The summed E-state index contributed by atoms with van der Waals surface area (Å²) in [5.41, 5.74) is 7.76. The van der Waals surface area contributed by atoms with Crippen molar-refractivity contribution in [2.45, 2.75) is 13.3 Å². The van der Waals surface area contributed by atoms with E-state index in [2.05, 4.69) is 26.3 Å². The molecule has 0 fully saturated rings. The molecule has 0 aliphatic heterocycles. The van der Waals surface area contributed by atoms with Crippen molar-refractivity contribution in [3.05, 3.63) is 40.9 Å². The molecule has 2 aromatic rings. The molecule has 2 heterocycles. The molecule has 0 aliphatic carbocycles. The molecule has 2 aromatic heterocycles. The van der Waals surface area contributed by atoms with Crippen molar-refractivity contribution < 1.29 is 0 Å². The number of aryl methyl sites for hydroxylation is 1. The SMILES string of the molecule is Cc1ccc(CCNc2ncnc(N)c2Cl)cn1. The Hall–Kier alpha value is -1.88. The van der Waals surface area contributed by atoms with Crippen LogP contribution in [-0.2, 0) is 6.42 Å². The van der Waals surface area contributed by atoms with E-state index in [0.717, 1.165) is 17.7 Å². The number of hydrogen-bond acceptors (Lipinski definition) is 5. The first-order valence-corrected chi connectivity index (χ1v) is 5.96. The van der Waals surface area contributed by atoms with Gasteiger partial charge in [0.15, 0.2) is 0 Å². The monoisotopic (exact) mass is 263 g/mol. The number of pyridine rings is 1. The van der Waals surface area contributed by atoms with E-state index in [1.54, 1.807) is 0 Å². The predicted octanol–water partition coefficient (Wildman–Crippen LogP) is 2.07. The van der Waals surface area contributed by atoms with Gasteiger partial charge in [-0.2, -0.15) is 0 Å². The minimum absolute atomic E-state index is 0.283. The molecule has 6 heteroatoms. The molecule has 0 aromatic carbocycles. The number of nitrogens with one attached hydrogen (secondary N) is 1. The molecule has 0 unspecified atom stereocenters. The Morgan fingerprint density at radius 3 is 2.83 bits per heavy atom. The van der Waals surface area contributed by atoms with Crippen LogP contribution in [0.3, 0.4) is 0 Å².